The van der Waals surface area contributed by atoms with Crippen molar-refractivity contribution in [1.29, 1.82) is 0 Å². The summed E-state index contributed by atoms with van der Waals surface area (Å²) in [4.78, 5) is 47.1. The first-order valence-electron chi connectivity index (χ1n) is 60.7. The van der Waals surface area contributed by atoms with E-state index in [1.807, 2.05) is 45.3 Å². The molecule has 0 unspecified atom stereocenters. The number of rotatable bonds is 70. The minimum absolute atomic E-state index is 0.00847. The monoisotopic (exact) mass is 2490 g/mol. The summed E-state index contributed by atoms with van der Waals surface area (Å²) in [6, 6.07) is 18.3. The van der Waals surface area contributed by atoms with Crippen LogP contribution in [-0.4, -0.2) is 65.6 Å². The standard InChI is InChI=1S/C34H54S2.C34H52S2.C34H46S2.C12H22.C10H4O2S2.9CH3.ClH.3Sn/c3*1-3-5-7-9-11-13-15-17-19-21-23-29-31-25-27-36-34(31)30(32-26-28-35-33(29)32)24-22-20-18-16-14-12-10-8-6-4-2;1-3-5-7-9-11-12-10-8-6-4-2;11-7-5-1-3-13-9(5)8(12)6-2-4-14-10(6)7;;;;;;;;;;;;;/h25-28H,3-24H2,1-2H3;25-26H,3-24H2,1-2H3;25-28H,3-20H2,1-2H3;1H,4-12H2,2H3;1-4H;9*1H3;1H;;;/q;;;;;;;;;;;;;;;;;+1/p-1. The number of benzene rings is 3. The number of aryl methyl sites for hydroxylation is 4. The molecule has 0 N–H and O–H groups in total. The van der Waals surface area contributed by atoms with Gasteiger partial charge in [0.05, 0.1) is 30.3 Å². The van der Waals surface area contributed by atoms with Crippen molar-refractivity contribution >= 4 is 231 Å². The number of ketones is 2. The van der Waals surface area contributed by atoms with Gasteiger partial charge < -0.3 is 0 Å². The van der Waals surface area contributed by atoms with Crippen molar-refractivity contribution in [3.8, 4) is 36.0 Å². The summed E-state index contributed by atoms with van der Waals surface area (Å²) >= 11 is 8.73. The van der Waals surface area contributed by atoms with Crippen LogP contribution >= 0.6 is 99.6 Å². The zero-order valence-corrected chi connectivity index (χ0v) is 112. The molecule has 12 rings (SSSR count). The van der Waals surface area contributed by atoms with Gasteiger partial charge >= 0.3 is 282 Å². The van der Waals surface area contributed by atoms with Gasteiger partial charge in [0.15, 0.2) is 0 Å². The molecule has 0 radical (unpaired) electrons. The van der Waals surface area contributed by atoms with Crippen molar-refractivity contribution < 1.29 is 9.59 Å². The van der Waals surface area contributed by atoms with Crippen LogP contribution in [0.25, 0.3) is 60.5 Å². The molecule has 1 aliphatic carbocycles. The Balaban J connectivity index is 0.000000260. The van der Waals surface area contributed by atoms with E-state index in [4.69, 9.17) is 15.3 Å². The average molecular weight is 2480 g/mol. The Hall–Kier alpha value is -2.47. The summed E-state index contributed by atoms with van der Waals surface area (Å²) < 4.78 is 12.8. The van der Waals surface area contributed by atoms with E-state index >= 15 is 0 Å². The third kappa shape index (κ3) is 50.5. The van der Waals surface area contributed by atoms with E-state index in [1.54, 1.807) is 91.3 Å². The van der Waals surface area contributed by atoms with Crippen LogP contribution in [0.2, 0.25) is 44.5 Å². The number of unbranched alkanes of at least 4 members (excludes halogenated alkanes) is 60. The zero-order chi connectivity index (χ0) is 106. The van der Waals surface area contributed by atoms with Crippen LogP contribution in [0.4, 0.5) is 0 Å². The molecule has 0 aliphatic heterocycles. The summed E-state index contributed by atoms with van der Waals surface area (Å²) in [5.41, 5.74) is 10.4. The number of thiophene rings is 8. The molecule has 2 nitrogen and oxygen atoms in total. The fourth-order valence-corrected chi connectivity index (χ4v) is 38.9. The second-order valence-corrected chi connectivity index (χ2v) is 104. The summed E-state index contributed by atoms with van der Waals surface area (Å²) in [5, 5.41) is 21.8. The van der Waals surface area contributed by atoms with Crippen LogP contribution in [0.3, 0.4) is 0 Å². The van der Waals surface area contributed by atoms with Gasteiger partial charge in [-0.25, -0.2) is 0 Å². The van der Waals surface area contributed by atoms with Crippen molar-refractivity contribution in [1.82, 2.24) is 0 Å². The molecule has 0 atom stereocenters. The molecule has 147 heavy (non-hydrogen) atoms. The number of halogens is 1. The number of carbonyl (C=O) groups excluding carboxylic acids is 2. The van der Waals surface area contributed by atoms with Crippen molar-refractivity contribution in [2.75, 3.05) is 0 Å². The molecule has 1 aliphatic rings. The van der Waals surface area contributed by atoms with Gasteiger partial charge in [-0.3, -0.25) is 9.59 Å². The van der Waals surface area contributed by atoms with Gasteiger partial charge in [0.2, 0.25) is 11.6 Å². The van der Waals surface area contributed by atoms with Crippen molar-refractivity contribution in [2.24, 2.45) is 0 Å². The van der Waals surface area contributed by atoms with E-state index < -0.39 is 54.0 Å². The molecule has 14 heteroatoms. The van der Waals surface area contributed by atoms with Gasteiger partial charge in [0, 0.05) is 50.6 Å². The van der Waals surface area contributed by atoms with Gasteiger partial charge in [-0.2, -0.15) is 0 Å². The van der Waals surface area contributed by atoms with Crippen molar-refractivity contribution in [2.45, 2.75) is 549 Å². The Morgan fingerprint density at radius 1 is 0.252 bits per heavy atom. The molecular weight excluding hydrogens is 2280 g/mol. The minimum atomic E-state index is -2.16. The Kier molecular flexibility index (Phi) is 71.0. The predicted octanol–water partition coefficient (Wildman–Crippen LogP) is 47.9. The fourth-order valence-electron chi connectivity index (χ4n) is 20.4. The molecule has 3 aromatic carbocycles. The summed E-state index contributed by atoms with van der Waals surface area (Å²) in [5.74, 6) is 16.8. The van der Waals surface area contributed by atoms with Gasteiger partial charge in [-0.05, 0) is 136 Å². The molecule has 8 aromatic heterocycles. The summed E-state index contributed by atoms with van der Waals surface area (Å²) in [7, 11) is 5.74. The summed E-state index contributed by atoms with van der Waals surface area (Å²) in [6.45, 7) is 16.1. The Labute approximate surface area is 950 Å². The first kappa shape index (κ1) is 131. The van der Waals surface area contributed by atoms with Gasteiger partial charge in [0.1, 0.15) is 0 Å². The van der Waals surface area contributed by atoms with Crippen molar-refractivity contribution in [3.63, 3.8) is 0 Å². The fraction of sp³-hybridized carbons (Fsp3) is 0.654. The van der Waals surface area contributed by atoms with Crippen LogP contribution in [0.15, 0.2) is 80.8 Å². The second-order valence-electron chi connectivity index (χ2n) is 45.8. The van der Waals surface area contributed by atoms with Crippen LogP contribution in [0, 0.1) is 36.0 Å². The molecule has 0 bridgehead atoms. The SMILES string of the molecule is C#CCCCCCCCCCC.CCCCCCCCCCC#Cc1c2ccsc2c(C#CCCCCCCCCCC)c2ccsc12.CCCCCCCCCCCCc1c2c[c]([Sn]([CH3])([CH3])[CH3])sc2c(CCCCCCCCCCCC)c2c[c]([Sn]([CH3])([CH3])[CH3])sc12.CCCCCCCCCCCCc1c2ccsc2c(CCCCCCCCCCCC)c2ccsc12.O=C1c2ccsc2C(=O)c2ccsc21.[CH3][Sn]([CH3])([CH3])[Cl]. The molecule has 816 valence electrons. The molecule has 0 fully saturated rings. The van der Waals surface area contributed by atoms with E-state index in [0.29, 0.717) is 20.9 Å². The maximum absolute atomic E-state index is 11.8. The van der Waals surface area contributed by atoms with E-state index in [9.17, 15) is 9.59 Å². The normalized spacial score (nSPS) is 11.9. The first-order valence-corrected chi connectivity index (χ1v) is 99.7. The van der Waals surface area contributed by atoms with Crippen molar-refractivity contribution in [3.05, 3.63) is 135 Å². The van der Waals surface area contributed by atoms with Gasteiger partial charge in [0.25, 0.3) is 0 Å². The number of fused-ring (bicyclic) bond motifs is 8. The summed E-state index contributed by atoms with van der Waals surface area (Å²) in [6.07, 6.45) is 103. The van der Waals surface area contributed by atoms with Gasteiger partial charge in [-0.1, -0.05) is 361 Å². The predicted molar refractivity (Wildman–Crippen MR) is 689 cm³/mol. The quantitative estimate of drug-likeness (QED) is 0.0216. The van der Waals surface area contributed by atoms with Gasteiger partial charge in [-0.15, -0.1) is 80.4 Å². The Morgan fingerprint density at radius 2 is 0.463 bits per heavy atom. The number of terminal acetylenes is 1. The topological polar surface area (TPSA) is 34.1 Å². The molecule has 11 aromatic rings. The molecular formula is C133H205ClO2S8Sn3. The number of hydrogen-bond acceptors (Lipinski definition) is 10. The third-order valence-electron chi connectivity index (χ3n) is 29.3. The maximum atomic E-state index is 11.8. The Morgan fingerprint density at radius 3 is 0.707 bits per heavy atom. The average Bonchev–Trinajstić information content (AvgIpc) is 1.57. The number of hydrogen-bond donors (Lipinski definition) is 0. The zero-order valence-electron chi connectivity index (χ0n) is 96.3. The van der Waals surface area contributed by atoms with E-state index in [1.165, 1.54) is 491 Å². The second kappa shape index (κ2) is 79.5. The van der Waals surface area contributed by atoms with E-state index in [2.05, 4.69) is 203 Å². The van der Waals surface area contributed by atoms with Crippen LogP contribution < -0.4 is 5.79 Å². The third-order valence-corrected chi connectivity index (χ3v) is 56.1. The molecule has 0 amide bonds. The van der Waals surface area contributed by atoms with Crippen LogP contribution in [0.1, 0.15) is 543 Å². The van der Waals surface area contributed by atoms with Crippen LogP contribution in [0.5, 0.6) is 0 Å². The Bertz CT molecular complexity index is 5010. The molecule has 8 heterocycles. The first-order chi connectivity index (χ1) is 71.5. The molecule has 0 saturated heterocycles. The molecule has 0 saturated carbocycles. The molecule has 0 spiro atoms. The van der Waals surface area contributed by atoms with E-state index in [-0.39, 0.29) is 11.6 Å². The van der Waals surface area contributed by atoms with Crippen LogP contribution in [-0.2, 0) is 25.7 Å². The van der Waals surface area contributed by atoms with E-state index in [0.717, 1.165) is 19.3 Å². The number of carbonyl (C=O) groups is 2.